The van der Waals surface area contributed by atoms with Gasteiger partial charge in [-0.05, 0) is 36.6 Å². The van der Waals surface area contributed by atoms with Crippen LogP contribution in [0.5, 0.6) is 5.75 Å². The first-order valence-corrected chi connectivity index (χ1v) is 12.9. The molecule has 2 aliphatic heterocycles. The zero-order valence-corrected chi connectivity index (χ0v) is 18.3. The molecule has 4 rings (SSSR count). The van der Waals surface area contributed by atoms with Crippen LogP contribution in [-0.4, -0.2) is 48.7 Å². The number of rotatable bonds is 5. The van der Waals surface area contributed by atoms with Gasteiger partial charge in [0.25, 0.3) is 0 Å². The van der Waals surface area contributed by atoms with Crippen LogP contribution in [0.2, 0.25) is 0 Å². The number of ether oxygens (including phenoxy) is 1. The highest BCUT2D eigenvalue weighted by atomic mass is 32.2. The predicted octanol–water partition coefficient (Wildman–Crippen LogP) is 4.16. The highest BCUT2D eigenvalue weighted by Gasteiger charge is 2.49. The largest absolute Gasteiger partial charge is 0.573 e. The first-order valence-electron chi connectivity index (χ1n) is 10.2. The Morgan fingerprint density at radius 3 is 2.48 bits per heavy atom. The lowest BCUT2D eigenvalue weighted by atomic mass is 10.0. The lowest BCUT2D eigenvalue weighted by Crippen LogP contribution is -2.37. The first kappa shape index (κ1) is 22.4. The lowest BCUT2D eigenvalue weighted by molar-refractivity contribution is -0.274. The van der Waals surface area contributed by atoms with E-state index in [1.807, 2.05) is 0 Å². The summed E-state index contributed by atoms with van der Waals surface area (Å²) in [4.78, 5) is 18.4. The maximum Gasteiger partial charge on any atom is 0.573 e. The normalized spacial score (nSPS) is 27.1. The minimum Gasteiger partial charge on any atom is -0.406 e. The fraction of sp³-hybridized carbons (Fsp3) is 0.600. The molecule has 31 heavy (non-hydrogen) atoms. The van der Waals surface area contributed by atoms with Crippen LogP contribution in [0, 0.1) is 5.92 Å². The number of carbonyl (C=O) groups excluding carboxylic acids is 1. The van der Waals surface area contributed by atoms with Gasteiger partial charge in [0.15, 0.2) is 15.0 Å². The molecule has 0 bridgehead atoms. The summed E-state index contributed by atoms with van der Waals surface area (Å²) in [5.41, 5.74) is 0.481. The molecule has 3 aliphatic rings. The number of anilines is 1. The molecule has 0 N–H and O–H groups in total. The van der Waals surface area contributed by atoms with E-state index in [0.29, 0.717) is 23.2 Å². The first-order chi connectivity index (χ1) is 14.6. The average Bonchev–Trinajstić information content (AvgIpc) is 3.34. The molecule has 1 saturated carbocycles. The van der Waals surface area contributed by atoms with Crippen LogP contribution in [0.15, 0.2) is 29.3 Å². The molecule has 0 radical (unpaired) electrons. The summed E-state index contributed by atoms with van der Waals surface area (Å²) in [7, 11) is -3.23. The fourth-order valence-corrected chi connectivity index (χ4v) is 8.40. The number of amidine groups is 1. The third-order valence-electron chi connectivity index (χ3n) is 5.88. The maximum absolute atomic E-state index is 12.5. The third kappa shape index (κ3) is 5.54. The van der Waals surface area contributed by atoms with Crippen LogP contribution in [0.1, 0.15) is 38.5 Å². The molecule has 1 aromatic rings. The van der Waals surface area contributed by atoms with Gasteiger partial charge in [-0.25, -0.2) is 8.42 Å². The van der Waals surface area contributed by atoms with Gasteiger partial charge in [0.1, 0.15) is 5.75 Å². The van der Waals surface area contributed by atoms with Gasteiger partial charge in [-0.2, -0.15) is 4.99 Å². The lowest BCUT2D eigenvalue weighted by Gasteiger charge is -2.24. The smallest absolute Gasteiger partial charge is 0.406 e. The molecule has 1 aliphatic carbocycles. The molecule has 2 saturated heterocycles. The predicted molar refractivity (Wildman–Crippen MR) is 113 cm³/mol. The SMILES string of the molecule is O=C(CCC1CCCC1)N=C1S[C@@H]2CS(=O)(=O)C[C@@H]2N1c1ccc(OC(F)(F)F)cc1. The number of hydrogen-bond acceptors (Lipinski definition) is 5. The highest BCUT2D eigenvalue weighted by molar-refractivity contribution is 8.16. The number of nitrogens with zero attached hydrogens (tertiary/aromatic N) is 2. The second-order valence-corrected chi connectivity index (χ2v) is 11.5. The number of benzene rings is 1. The van der Waals surface area contributed by atoms with E-state index in [2.05, 4.69) is 9.73 Å². The second-order valence-electron chi connectivity index (χ2n) is 8.19. The zero-order valence-electron chi connectivity index (χ0n) is 16.7. The molecule has 2 heterocycles. The van der Waals surface area contributed by atoms with Crippen LogP contribution >= 0.6 is 11.8 Å². The van der Waals surface area contributed by atoms with E-state index in [0.717, 1.165) is 19.3 Å². The van der Waals surface area contributed by atoms with E-state index in [4.69, 9.17) is 0 Å². The summed E-state index contributed by atoms with van der Waals surface area (Å²) < 4.78 is 65.4. The third-order valence-corrected chi connectivity index (χ3v) is 9.09. The van der Waals surface area contributed by atoms with Crippen LogP contribution in [0.25, 0.3) is 0 Å². The number of amides is 1. The Morgan fingerprint density at radius 1 is 1.16 bits per heavy atom. The number of thioether (sulfide) groups is 1. The van der Waals surface area contributed by atoms with E-state index in [1.165, 1.54) is 48.9 Å². The van der Waals surface area contributed by atoms with Gasteiger partial charge < -0.3 is 9.64 Å². The van der Waals surface area contributed by atoms with Gasteiger partial charge >= 0.3 is 6.36 Å². The number of sulfone groups is 1. The molecule has 3 fully saturated rings. The quantitative estimate of drug-likeness (QED) is 0.635. The Bertz CT molecular complexity index is 958. The van der Waals surface area contributed by atoms with Crippen LogP contribution in [0.4, 0.5) is 18.9 Å². The minimum atomic E-state index is -4.80. The summed E-state index contributed by atoms with van der Waals surface area (Å²) >= 11 is 1.25. The number of alkyl halides is 3. The molecular formula is C20H23F3N2O4S2. The van der Waals surface area contributed by atoms with E-state index in [9.17, 15) is 26.4 Å². The molecular weight excluding hydrogens is 453 g/mol. The van der Waals surface area contributed by atoms with Crippen molar-refractivity contribution < 1.29 is 31.1 Å². The van der Waals surface area contributed by atoms with E-state index < -0.39 is 22.2 Å². The van der Waals surface area contributed by atoms with Crippen molar-refractivity contribution in [3.8, 4) is 5.75 Å². The summed E-state index contributed by atoms with van der Waals surface area (Å²) in [5.74, 6) is -0.157. The zero-order chi connectivity index (χ0) is 22.2. The van der Waals surface area contributed by atoms with Crippen molar-refractivity contribution in [2.24, 2.45) is 10.9 Å². The summed E-state index contributed by atoms with van der Waals surface area (Å²) in [6.45, 7) is 0. The molecule has 11 heteroatoms. The Balaban J connectivity index is 1.54. The van der Waals surface area contributed by atoms with Gasteiger partial charge in [-0.3, -0.25) is 4.79 Å². The molecule has 0 spiro atoms. The Kier molecular flexibility index (Phi) is 6.26. The van der Waals surface area contributed by atoms with Crippen molar-refractivity contribution >= 4 is 38.4 Å². The van der Waals surface area contributed by atoms with Crippen molar-refractivity contribution in [2.45, 2.75) is 56.2 Å². The number of halogens is 3. The number of carbonyl (C=O) groups is 1. The van der Waals surface area contributed by atoms with E-state index in [1.54, 1.807) is 4.90 Å². The fourth-order valence-electron chi connectivity index (χ4n) is 4.46. The summed E-state index contributed by atoms with van der Waals surface area (Å²) in [6, 6.07) is 4.78. The average molecular weight is 477 g/mol. The number of aliphatic imine (C=N–C) groups is 1. The van der Waals surface area contributed by atoms with Crippen LogP contribution in [0.3, 0.4) is 0 Å². The highest BCUT2D eigenvalue weighted by Crippen LogP contribution is 2.41. The molecule has 6 nitrogen and oxygen atoms in total. The Labute approximate surface area is 183 Å². The van der Waals surface area contributed by atoms with Gasteiger partial charge in [-0.1, -0.05) is 37.4 Å². The summed E-state index contributed by atoms with van der Waals surface area (Å²) in [5, 5.41) is 0.142. The molecule has 2 atom stereocenters. The van der Waals surface area contributed by atoms with Gasteiger partial charge in [0, 0.05) is 17.4 Å². The van der Waals surface area contributed by atoms with Gasteiger partial charge in [0.05, 0.1) is 17.5 Å². The number of hydrogen-bond donors (Lipinski definition) is 0. The monoisotopic (exact) mass is 476 g/mol. The minimum absolute atomic E-state index is 0.0105. The van der Waals surface area contributed by atoms with E-state index >= 15 is 0 Å². The van der Waals surface area contributed by atoms with Crippen molar-refractivity contribution in [1.82, 2.24) is 0 Å². The van der Waals surface area contributed by atoms with Crippen molar-refractivity contribution in [1.29, 1.82) is 0 Å². The number of fused-ring (bicyclic) bond motifs is 1. The van der Waals surface area contributed by atoms with Gasteiger partial charge in [0.2, 0.25) is 5.91 Å². The van der Waals surface area contributed by atoms with E-state index in [-0.39, 0.29) is 28.4 Å². The molecule has 1 aromatic carbocycles. The van der Waals surface area contributed by atoms with Crippen molar-refractivity contribution in [3.63, 3.8) is 0 Å². The Hall–Kier alpha value is -1.75. The standard InChI is InChI=1S/C20H23F3N2O4S2/c21-20(22,23)29-15-8-6-14(7-9-15)25-16-11-31(27,28)12-17(16)30-19(25)24-18(26)10-5-13-3-1-2-4-13/h6-9,13,16-17H,1-5,10-12H2/t16-,17+/m0/s1. The molecule has 0 aromatic heterocycles. The summed E-state index contributed by atoms with van der Waals surface area (Å²) in [6.07, 6.45) is 1.01. The molecule has 1 amide bonds. The van der Waals surface area contributed by atoms with Crippen LogP contribution in [-0.2, 0) is 14.6 Å². The Morgan fingerprint density at radius 2 is 1.84 bits per heavy atom. The van der Waals surface area contributed by atoms with Crippen LogP contribution < -0.4 is 9.64 Å². The molecule has 0 unspecified atom stereocenters. The van der Waals surface area contributed by atoms with Crippen molar-refractivity contribution in [3.05, 3.63) is 24.3 Å². The molecule has 170 valence electrons. The van der Waals surface area contributed by atoms with Crippen molar-refractivity contribution in [2.75, 3.05) is 16.4 Å². The second kappa shape index (κ2) is 8.65. The van der Waals surface area contributed by atoms with Gasteiger partial charge in [-0.15, -0.1) is 13.2 Å². The topological polar surface area (TPSA) is 76.0 Å². The maximum atomic E-state index is 12.5.